The van der Waals surface area contributed by atoms with Crippen LogP contribution in [-0.2, 0) is 13.8 Å². The van der Waals surface area contributed by atoms with E-state index >= 15 is 0 Å². The van der Waals surface area contributed by atoms with Crippen LogP contribution in [0.4, 0.5) is 0 Å². The Morgan fingerprint density at radius 1 is 1.33 bits per heavy atom. The number of carbonyl (C=O) groups excluding carboxylic acids is 2. The number of rotatable bonds is 3. The van der Waals surface area contributed by atoms with Crippen molar-refractivity contribution in [2.24, 2.45) is 0 Å². The van der Waals surface area contributed by atoms with Crippen molar-refractivity contribution in [3.05, 3.63) is 23.3 Å². The van der Waals surface area contributed by atoms with Crippen LogP contribution >= 0.6 is 11.9 Å². The molecule has 0 saturated heterocycles. The number of ether oxygens (including phenoxy) is 3. The standard InChI is InChI=1S/C11H9ClO6/c1-15-6-4-3-5-7(9(6)16-2)10(13)17-8(5)11(14)18-12/h3-4,8H,1-2H3. The van der Waals surface area contributed by atoms with Gasteiger partial charge in [-0.2, -0.15) is 0 Å². The molecule has 0 fully saturated rings. The van der Waals surface area contributed by atoms with E-state index in [1.54, 1.807) is 6.07 Å². The van der Waals surface area contributed by atoms with E-state index in [4.69, 9.17) is 26.1 Å². The third kappa shape index (κ3) is 1.74. The second-order valence-corrected chi connectivity index (χ2v) is 3.60. The predicted molar refractivity (Wildman–Crippen MR) is 59.6 cm³/mol. The maximum Gasteiger partial charge on any atom is 0.370 e. The molecular formula is C11H9ClO6. The van der Waals surface area contributed by atoms with E-state index in [0.717, 1.165) is 0 Å². The second kappa shape index (κ2) is 4.73. The SMILES string of the molecule is COc1ccc2c(c1OC)C(=O)OC2C(=O)OCl. The highest BCUT2D eigenvalue weighted by Crippen LogP contribution is 2.42. The van der Waals surface area contributed by atoms with Gasteiger partial charge >= 0.3 is 11.9 Å². The Balaban J connectivity index is 2.57. The van der Waals surface area contributed by atoms with Crippen LogP contribution in [0.15, 0.2) is 12.1 Å². The van der Waals surface area contributed by atoms with Gasteiger partial charge in [-0.1, -0.05) is 0 Å². The van der Waals surface area contributed by atoms with Crippen molar-refractivity contribution in [3.63, 3.8) is 0 Å². The van der Waals surface area contributed by atoms with Gasteiger partial charge in [0.05, 0.1) is 14.2 Å². The Bertz CT molecular complexity index is 513. The second-order valence-electron chi connectivity index (χ2n) is 3.45. The summed E-state index contributed by atoms with van der Waals surface area (Å²) in [6.07, 6.45) is -1.18. The number of cyclic esters (lactones) is 1. The van der Waals surface area contributed by atoms with Crippen LogP contribution < -0.4 is 9.47 Å². The first kappa shape index (κ1) is 12.5. The van der Waals surface area contributed by atoms with Gasteiger partial charge in [0.25, 0.3) is 0 Å². The van der Waals surface area contributed by atoms with Gasteiger partial charge in [0.1, 0.15) is 17.4 Å². The molecule has 1 atom stereocenters. The van der Waals surface area contributed by atoms with Crippen molar-refractivity contribution >= 4 is 23.8 Å². The van der Waals surface area contributed by atoms with Gasteiger partial charge in [-0.25, -0.2) is 9.59 Å². The Hall–Kier alpha value is -1.95. The number of esters is 1. The molecule has 1 aliphatic heterocycles. The Morgan fingerprint density at radius 3 is 2.61 bits per heavy atom. The predicted octanol–water partition coefficient (Wildman–Crippen LogP) is 1.61. The highest BCUT2D eigenvalue weighted by atomic mass is 35.5. The Kier molecular flexibility index (Phi) is 3.29. The summed E-state index contributed by atoms with van der Waals surface area (Å²) in [5, 5.41) is 0. The molecule has 18 heavy (non-hydrogen) atoms. The molecule has 2 rings (SSSR count). The maximum absolute atomic E-state index is 11.7. The molecule has 7 heteroatoms. The lowest BCUT2D eigenvalue weighted by Crippen LogP contribution is -2.11. The van der Waals surface area contributed by atoms with Crippen molar-refractivity contribution in [1.82, 2.24) is 0 Å². The van der Waals surface area contributed by atoms with Crippen molar-refractivity contribution in [3.8, 4) is 11.5 Å². The van der Waals surface area contributed by atoms with Crippen LogP contribution in [0.25, 0.3) is 0 Å². The first-order valence-electron chi connectivity index (χ1n) is 4.92. The molecule has 0 aliphatic carbocycles. The van der Waals surface area contributed by atoms with Gasteiger partial charge < -0.3 is 18.5 Å². The molecule has 0 N–H and O–H groups in total. The Morgan fingerprint density at radius 2 is 2.06 bits per heavy atom. The van der Waals surface area contributed by atoms with E-state index in [1.807, 2.05) is 0 Å². The van der Waals surface area contributed by atoms with Gasteiger partial charge in [-0.3, -0.25) is 0 Å². The summed E-state index contributed by atoms with van der Waals surface area (Å²) in [7, 11) is 2.83. The molecule has 0 spiro atoms. The van der Waals surface area contributed by atoms with Crippen molar-refractivity contribution in [2.75, 3.05) is 14.2 Å². The van der Waals surface area contributed by atoms with Crippen LogP contribution in [0.1, 0.15) is 22.0 Å². The average Bonchev–Trinajstić information content (AvgIpc) is 2.74. The number of halogens is 1. The largest absolute Gasteiger partial charge is 0.493 e. The fourth-order valence-corrected chi connectivity index (χ4v) is 1.90. The molecule has 0 radical (unpaired) electrons. The molecule has 0 aromatic heterocycles. The number of benzene rings is 1. The van der Waals surface area contributed by atoms with Crippen molar-refractivity contribution in [1.29, 1.82) is 0 Å². The summed E-state index contributed by atoms with van der Waals surface area (Å²) in [5.74, 6) is -0.971. The molecular weight excluding hydrogens is 264 g/mol. The summed E-state index contributed by atoms with van der Waals surface area (Å²) in [5.41, 5.74) is 0.479. The van der Waals surface area contributed by atoms with Crippen molar-refractivity contribution in [2.45, 2.75) is 6.10 Å². The molecule has 1 heterocycles. The molecule has 0 bridgehead atoms. The Labute approximate surface area is 108 Å². The fraction of sp³-hybridized carbons (Fsp3) is 0.273. The zero-order chi connectivity index (χ0) is 13.3. The minimum absolute atomic E-state index is 0.143. The quantitative estimate of drug-likeness (QED) is 0.779. The smallest absolute Gasteiger partial charge is 0.370 e. The molecule has 0 saturated carbocycles. The van der Waals surface area contributed by atoms with E-state index in [9.17, 15) is 9.59 Å². The van der Waals surface area contributed by atoms with Gasteiger partial charge in [-0.15, -0.1) is 0 Å². The normalized spacial score (nSPS) is 16.8. The molecule has 0 amide bonds. The summed E-state index contributed by atoms with van der Waals surface area (Å²) in [6, 6.07) is 3.09. The van der Waals surface area contributed by atoms with Gasteiger partial charge in [0.15, 0.2) is 11.5 Å². The van der Waals surface area contributed by atoms with E-state index in [2.05, 4.69) is 4.29 Å². The fourth-order valence-electron chi connectivity index (χ4n) is 1.82. The molecule has 1 unspecified atom stereocenters. The van der Waals surface area contributed by atoms with E-state index < -0.39 is 18.0 Å². The number of methoxy groups -OCH3 is 2. The molecule has 1 aromatic carbocycles. The van der Waals surface area contributed by atoms with Crippen LogP contribution in [-0.4, -0.2) is 26.2 Å². The minimum atomic E-state index is -1.18. The van der Waals surface area contributed by atoms with Crippen LogP contribution in [0.3, 0.4) is 0 Å². The third-order valence-corrected chi connectivity index (χ3v) is 2.73. The zero-order valence-electron chi connectivity index (χ0n) is 9.56. The van der Waals surface area contributed by atoms with Gasteiger partial charge in [0.2, 0.25) is 6.10 Å². The summed E-state index contributed by atoms with van der Waals surface area (Å²) in [4.78, 5) is 23.1. The lowest BCUT2D eigenvalue weighted by Gasteiger charge is -2.10. The van der Waals surface area contributed by atoms with Crippen LogP contribution in [0.2, 0.25) is 0 Å². The molecule has 1 aromatic rings. The lowest BCUT2D eigenvalue weighted by atomic mass is 10.0. The summed E-state index contributed by atoms with van der Waals surface area (Å²) >= 11 is 4.98. The monoisotopic (exact) mass is 272 g/mol. The first-order chi connectivity index (χ1) is 8.63. The summed E-state index contributed by atoms with van der Waals surface area (Å²) < 4.78 is 19.1. The van der Waals surface area contributed by atoms with Gasteiger partial charge in [0, 0.05) is 5.56 Å². The maximum atomic E-state index is 11.7. The first-order valence-corrected chi connectivity index (χ1v) is 5.23. The highest BCUT2D eigenvalue weighted by Gasteiger charge is 2.40. The molecule has 6 nitrogen and oxygen atoms in total. The van der Waals surface area contributed by atoms with Crippen LogP contribution in [0, 0.1) is 0 Å². The molecule has 1 aliphatic rings. The van der Waals surface area contributed by atoms with Crippen LogP contribution in [0.5, 0.6) is 11.5 Å². The topological polar surface area (TPSA) is 71.1 Å². The third-order valence-electron chi connectivity index (χ3n) is 2.58. The van der Waals surface area contributed by atoms with E-state index in [1.165, 1.54) is 20.3 Å². The van der Waals surface area contributed by atoms with E-state index in [0.29, 0.717) is 11.3 Å². The number of hydrogen-bond acceptors (Lipinski definition) is 6. The number of carbonyl (C=O) groups is 2. The highest BCUT2D eigenvalue weighted by molar-refractivity contribution is 6.14. The van der Waals surface area contributed by atoms with Crippen molar-refractivity contribution < 1.29 is 28.1 Å². The zero-order valence-corrected chi connectivity index (χ0v) is 10.3. The lowest BCUT2D eigenvalue weighted by molar-refractivity contribution is -0.143. The van der Waals surface area contributed by atoms with E-state index in [-0.39, 0.29) is 11.3 Å². The minimum Gasteiger partial charge on any atom is -0.493 e. The molecule has 96 valence electrons. The average molecular weight is 273 g/mol. The number of fused-ring (bicyclic) bond motifs is 1. The summed E-state index contributed by atoms with van der Waals surface area (Å²) in [6.45, 7) is 0. The number of hydrogen-bond donors (Lipinski definition) is 0. The van der Waals surface area contributed by atoms with Gasteiger partial charge in [-0.05, 0) is 12.1 Å².